The number of tetrazole rings is 1. The Hall–Kier alpha value is -4.65. The van der Waals surface area contributed by atoms with Crippen molar-refractivity contribution in [2.75, 3.05) is 13.1 Å². The lowest BCUT2D eigenvalue weighted by Crippen LogP contribution is -2.36. The van der Waals surface area contributed by atoms with Crippen LogP contribution >= 0.6 is 11.3 Å². The Bertz CT molecular complexity index is 1450. The van der Waals surface area contributed by atoms with Gasteiger partial charge in [0.2, 0.25) is 5.91 Å². The summed E-state index contributed by atoms with van der Waals surface area (Å²) < 4.78 is 9.08. The van der Waals surface area contributed by atoms with E-state index in [0.717, 1.165) is 53.8 Å². The molecule has 0 atom stereocenters. The minimum Gasteiger partial charge on any atom is -0.508 e. The summed E-state index contributed by atoms with van der Waals surface area (Å²) in [5.41, 5.74) is 2.70. The molecule has 13 heteroatoms. The number of hydrogen-bond acceptors (Lipinski definition) is 10. The zero-order valence-corrected chi connectivity index (χ0v) is 22.1. The van der Waals surface area contributed by atoms with E-state index in [-0.39, 0.29) is 11.7 Å². The van der Waals surface area contributed by atoms with Gasteiger partial charge in [-0.05, 0) is 71.8 Å². The van der Waals surface area contributed by atoms with E-state index in [9.17, 15) is 4.79 Å². The molecular weight excluding hydrogens is 518 g/mol. The number of piperidine rings is 1. The normalized spacial score (nSPS) is 13.5. The van der Waals surface area contributed by atoms with Crippen LogP contribution in [-0.4, -0.2) is 69.2 Å². The standard InChI is InChI=1S/C19H21N5O2S.C7H6N4O/c1-14(25)23-9-6-15(7-10-23)19-21-16(13-27-19)12-26-18-4-2-17(3-5-18)24-11-8-20-22-24;12-7-3-1-6(2-4-7)11-5-8-9-10-11/h2-5,8,11,13,15H,6-7,9-10,12H2,1H3;1-5,12H. The number of carbonyl (C=O) groups excluding carboxylic acids is 1. The van der Waals surface area contributed by atoms with Crippen molar-refractivity contribution in [3.63, 3.8) is 0 Å². The Morgan fingerprint density at radius 1 is 1.00 bits per heavy atom. The van der Waals surface area contributed by atoms with Crippen molar-refractivity contribution in [1.82, 2.24) is 45.1 Å². The van der Waals surface area contributed by atoms with Crippen LogP contribution in [0.25, 0.3) is 11.4 Å². The van der Waals surface area contributed by atoms with Gasteiger partial charge in [-0.2, -0.15) is 0 Å². The minimum atomic E-state index is 0.163. The summed E-state index contributed by atoms with van der Waals surface area (Å²) in [4.78, 5) is 18.1. The average Bonchev–Trinajstić information content (AvgIpc) is 3.76. The molecule has 12 nitrogen and oxygen atoms in total. The van der Waals surface area contributed by atoms with Gasteiger partial charge in [0.25, 0.3) is 0 Å². The van der Waals surface area contributed by atoms with Crippen molar-refractivity contribution in [3.8, 4) is 22.9 Å². The Balaban J connectivity index is 0.000000214. The smallest absolute Gasteiger partial charge is 0.219 e. The number of amides is 1. The number of ether oxygens (including phenoxy) is 1. The molecule has 39 heavy (non-hydrogen) atoms. The highest BCUT2D eigenvalue weighted by molar-refractivity contribution is 7.09. The van der Waals surface area contributed by atoms with E-state index >= 15 is 0 Å². The van der Waals surface area contributed by atoms with Gasteiger partial charge in [0.15, 0.2) is 0 Å². The monoisotopic (exact) mass is 545 g/mol. The van der Waals surface area contributed by atoms with Crippen molar-refractivity contribution < 1.29 is 14.6 Å². The molecule has 0 radical (unpaired) electrons. The summed E-state index contributed by atoms with van der Waals surface area (Å²) in [6.45, 7) is 3.73. The Morgan fingerprint density at radius 3 is 2.36 bits per heavy atom. The Labute approximate surface area is 228 Å². The average molecular weight is 546 g/mol. The predicted octanol–water partition coefficient (Wildman–Crippen LogP) is 3.40. The van der Waals surface area contributed by atoms with Gasteiger partial charge in [-0.25, -0.2) is 14.3 Å². The van der Waals surface area contributed by atoms with Crippen molar-refractivity contribution in [1.29, 1.82) is 0 Å². The molecule has 200 valence electrons. The van der Waals surface area contributed by atoms with Gasteiger partial charge in [-0.15, -0.1) is 21.5 Å². The SMILES string of the molecule is CC(=O)N1CCC(c2nc(COc3ccc(-n4ccnn4)cc3)cs2)CC1.Oc1ccc(-n2cnnn2)cc1. The first kappa shape index (κ1) is 26.0. The highest BCUT2D eigenvalue weighted by atomic mass is 32.1. The fourth-order valence-electron chi connectivity index (χ4n) is 4.10. The molecule has 0 aliphatic carbocycles. The molecule has 1 N–H and O–H groups in total. The van der Waals surface area contributed by atoms with E-state index in [1.54, 1.807) is 59.6 Å². The molecule has 5 aromatic rings. The molecule has 0 bridgehead atoms. The largest absolute Gasteiger partial charge is 0.508 e. The van der Waals surface area contributed by atoms with Crippen molar-refractivity contribution in [2.45, 2.75) is 32.3 Å². The maximum atomic E-state index is 11.4. The maximum Gasteiger partial charge on any atom is 0.219 e. The van der Waals surface area contributed by atoms with E-state index in [0.29, 0.717) is 12.5 Å². The van der Waals surface area contributed by atoms with Crippen LogP contribution in [0, 0.1) is 0 Å². The molecule has 2 aromatic carbocycles. The van der Waals surface area contributed by atoms with Crippen molar-refractivity contribution in [2.24, 2.45) is 0 Å². The zero-order valence-electron chi connectivity index (χ0n) is 21.2. The summed E-state index contributed by atoms with van der Waals surface area (Å²) in [5, 5.41) is 30.7. The van der Waals surface area contributed by atoms with Crippen molar-refractivity contribution in [3.05, 3.63) is 83.3 Å². The summed E-state index contributed by atoms with van der Waals surface area (Å²) in [7, 11) is 0. The number of rotatable bonds is 6. The lowest BCUT2D eigenvalue weighted by Gasteiger charge is -2.30. The number of nitrogens with zero attached hydrogens (tertiary/aromatic N) is 9. The molecule has 0 saturated carbocycles. The molecular formula is C26H27N9O3S. The van der Waals surface area contributed by atoms with E-state index in [2.05, 4.69) is 31.2 Å². The van der Waals surface area contributed by atoms with Crippen LogP contribution in [0.1, 0.15) is 36.4 Å². The number of phenols is 1. The van der Waals surface area contributed by atoms with Gasteiger partial charge in [0.05, 0.1) is 34.5 Å². The molecule has 0 spiro atoms. The van der Waals surface area contributed by atoms with Gasteiger partial charge in [0.1, 0.15) is 24.4 Å². The van der Waals surface area contributed by atoms with E-state index in [1.807, 2.05) is 29.2 Å². The number of phenolic OH excluding ortho intramolecular Hbond substituents is 1. The van der Waals surface area contributed by atoms with Crippen LogP contribution in [0.4, 0.5) is 0 Å². The number of carbonyl (C=O) groups is 1. The lowest BCUT2D eigenvalue weighted by molar-refractivity contribution is -0.129. The zero-order chi connectivity index (χ0) is 27.0. The van der Waals surface area contributed by atoms with E-state index in [1.165, 1.54) is 11.0 Å². The van der Waals surface area contributed by atoms with E-state index in [4.69, 9.17) is 14.8 Å². The van der Waals surface area contributed by atoms with Crippen LogP contribution in [0.15, 0.2) is 72.6 Å². The fourth-order valence-corrected chi connectivity index (χ4v) is 5.08. The highest BCUT2D eigenvalue weighted by Gasteiger charge is 2.24. The maximum absolute atomic E-state index is 11.4. The van der Waals surface area contributed by atoms with Crippen LogP contribution in [0.3, 0.4) is 0 Å². The van der Waals surface area contributed by atoms with Gasteiger partial charge in [-0.3, -0.25) is 4.79 Å². The van der Waals surface area contributed by atoms with Gasteiger partial charge in [-0.1, -0.05) is 5.21 Å². The molecule has 1 amide bonds. The number of aromatic hydroxyl groups is 1. The first-order chi connectivity index (χ1) is 19.0. The minimum absolute atomic E-state index is 0.163. The summed E-state index contributed by atoms with van der Waals surface area (Å²) >= 11 is 1.69. The second kappa shape index (κ2) is 12.3. The third-order valence-electron chi connectivity index (χ3n) is 6.23. The third-order valence-corrected chi connectivity index (χ3v) is 7.29. The molecule has 1 saturated heterocycles. The number of hydrogen-bond donors (Lipinski definition) is 1. The first-order valence-corrected chi connectivity index (χ1v) is 13.2. The molecule has 1 fully saturated rings. The van der Waals surface area contributed by atoms with Crippen LogP contribution in [0.2, 0.25) is 0 Å². The van der Waals surface area contributed by atoms with E-state index < -0.39 is 0 Å². The molecule has 0 unspecified atom stereocenters. The van der Waals surface area contributed by atoms with Gasteiger partial charge < -0.3 is 14.7 Å². The van der Waals surface area contributed by atoms with Gasteiger partial charge >= 0.3 is 0 Å². The molecule has 4 heterocycles. The summed E-state index contributed by atoms with van der Waals surface area (Å²) in [6, 6.07) is 14.3. The number of aromatic nitrogens is 8. The second-order valence-corrected chi connectivity index (χ2v) is 9.75. The highest BCUT2D eigenvalue weighted by Crippen LogP contribution is 2.30. The molecule has 1 aliphatic heterocycles. The predicted molar refractivity (Wildman–Crippen MR) is 143 cm³/mol. The summed E-state index contributed by atoms with van der Waals surface area (Å²) in [5.74, 6) is 1.63. The molecule has 3 aromatic heterocycles. The van der Waals surface area contributed by atoms with Crippen LogP contribution in [-0.2, 0) is 11.4 Å². The van der Waals surface area contributed by atoms with Crippen LogP contribution < -0.4 is 4.74 Å². The number of benzene rings is 2. The third kappa shape index (κ3) is 6.82. The van der Waals surface area contributed by atoms with Crippen LogP contribution in [0.5, 0.6) is 11.5 Å². The van der Waals surface area contributed by atoms with Gasteiger partial charge in [0, 0.05) is 31.3 Å². The lowest BCUT2D eigenvalue weighted by atomic mass is 9.97. The van der Waals surface area contributed by atoms with Crippen molar-refractivity contribution >= 4 is 17.2 Å². The topological polar surface area (TPSA) is 137 Å². The first-order valence-electron chi connectivity index (χ1n) is 12.4. The quantitative estimate of drug-likeness (QED) is 0.340. The number of thiazole rings is 1. The Kier molecular flexibility index (Phi) is 8.17. The Morgan fingerprint density at radius 2 is 1.72 bits per heavy atom. The fraction of sp³-hybridized carbons (Fsp3) is 0.269. The summed E-state index contributed by atoms with van der Waals surface area (Å²) in [6.07, 6.45) is 6.91. The second-order valence-electron chi connectivity index (χ2n) is 8.86. The molecule has 6 rings (SSSR count). The number of likely N-dealkylation sites (tertiary alicyclic amines) is 1. The molecule has 1 aliphatic rings.